The number of anilines is 1. The number of nitrogens with one attached hydrogen (secondary N) is 2. The van der Waals surface area contributed by atoms with E-state index in [1.165, 1.54) is 48.6 Å². The van der Waals surface area contributed by atoms with Crippen molar-refractivity contribution in [2.45, 2.75) is 17.9 Å². The number of hydrogen-bond donors (Lipinski definition) is 3. The molecular weight excluding hydrogens is 438 g/mol. The highest BCUT2D eigenvalue weighted by molar-refractivity contribution is 7.92. The van der Waals surface area contributed by atoms with Crippen LogP contribution in [0.5, 0.6) is 5.75 Å². The Morgan fingerprint density at radius 2 is 2.09 bits per heavy atom. The van der Waals surface area contributed by atoms with E-state index in [1.54, 1.807) is 6.07 Å². The number of nitrogens with zero attached hydrogens (tertiary/aromatic N) is 3. The Labute approximate surface area is 183 Å². The summed E-state index contributed by atoms with van der Waals surface area (Å²) in [5.74, 6) is -1.24. The molecule has 166 valence electrons. The maximum atomic E-state index is 13.1. The normalized spacial score (nSPS) is 13.2. The van der Waals surface area contributed by atoms with Crippen LogP contribution in [-0.4, -0.2) is 53.8 Å². The highest BCUT2D eigenvalue weighted by atomic mass is 32.2. The standard InChI is InChI=1S/C20H19N5O6S/c1-31-17-3-2-12(13-8-23-25(10-13)11-19(26)27)6-18(17)32(29,30)24-14-7-15-16(22-9-14)4-5-21-20(15)28/h2-3,6-10,24H,4-5,11H2,1H3,(H,21,28)(H,26,27). The molecule has 0 aliphatic carbocycles. The fourth-order valence-corrected chi connectivity index (χ4v) is 4.58. The zero-order chi connectivity index (χ0) is 22.9. The number of aromatic nitrogens is 3. The number of pyridine rings is 1. The number of fused-ring (bicyclic) bond motifs is 1. The number of hydrogen-bond acceptors (Lipinski definition) is 7. The summed E-state index contributed by atoms with van der Waals surface area (Å²) in [5.41, 5.74) is 2.11. The molecule has 0 fully saturated rings. The van der Waals surface area contributed by atoms with Crippen LogP contribution in [0.15, 0.2) is 47.8 Å². The minimum atomic E-state index is -4.11. The molecule has 1 amide bonds. The van der Waals surface area contributed by atoms with Crippen LogP contribution in [-0.2, 0) is 27.8 Å². The lowest BCUT2D eigenvalue weighted by atomic mass is 10.1. The first-order valence-corrected chi connectivity index (χ1v) is 11.0. The lowest BCUT2D eigenvalue weighted by molar-refractivity contribution is -0.137. The molecule has 0 saturated heterocycles. The fraction of sp³-hybridized carbons (Fsp3) is 0.200. The Morgan fingerprint density at radius 3 is 2.84 bits per heavy atom. The number of ether oxygens (including phenoxy) is 1. The third-order valence-corrected chi connectivity index (χ3v) is 6.23. The Balaban J connectivity index is 1.68. The Kier molecular flexibility index (Phi) is 5.53. The van der Waals surface area contributed by atoms with E-state index in [9.17, 15) is 18.0 Å². The summed E-state index contributed by atoms with van der Waals surface area (Å²) in [5, 5.41) is 15.6. The fourth-order valence-electron chi connectivity index (χ4n) is 3.35. The first-order valence-electron chi connectivity index (χ1n) is 9.49. The maximum Gasteiger partial charge on any atom is 0.325 e. The molecule has 3 aromatic rings. The summed E-state index contributed by atoms with van der Waals surface area (Å²) in [6.45, 7) is 0.165. The summed E-state index contributed by atoms with van der Waals surface area (Å²) in [7, 11) is -2.76. The highest BCUT2D eigenvalue weighted by Gasteiger charge is 2.23. The van der Waals surface area contributed by atoms with Crippen LogP contribution in [0, 0.1) is 0 Å². The lowest BCUT2D eigenvalue weighted by Crippen LogP contribution is -2.32. The molecule has 0 bridgehead atoms. The average molecular weight is 457 g/mol. The molecule has 3 N–H and O–H groups in total. The van der Waals surface area contributed by atoms with Crippen molar-refractivity contribution in [1.82, 2.24) is 20.1 Å². The number of aliphatic carboxylic acids is 1. The summed E-state index contributed by atoms with van der Waals surface area (Å²) in [6.07, 6.45) is 4.88. The minimum Gasteiger partial charge on any atom is -0.495 e. The van der Waals surface area contributed by atoms with Crippen molar-refractivity contribution in [3.63, 3.8) is 0 Å². The first-order chi connectivity index (χ1) is 15.3. The van der Waals surface area contributed by atoms with Gasteiger partial charge in [-0.05, 0) is 23.8 Å². The number of carboxylic acids is 1. The van der Waals surface area contributed by atoms with Gasteiger partial charge in [0.2, 0.25) is 0 Å². The smallest absolute Gasteiger partial charge is 0.325 e. The third-order valence-electron chi connectivity index (χ3n) is 4.83. The monoisotopic (exact) mass is 457 g/mol. The minimum absolute atomic E-state index is 0.114. The quantitative estimate of drug-likeness (QED) is 0.477. The molecule has 0 atom stereocenters. The first kappa shape index (κ1) is 21.3. The molecular formula is C20H19N5O6S. The number of benzene rings is 1. The molecule has 0 unspecified atom stereocenters. The molecule has 3 heterocycles. The molecule has 11 nitrogen and oxygen atoms in total. The van der Waals surface area contributed by atoms with Gasteiger partial charge >= 0.3 is 5.97 Å². The SMILES string of the molecule is COc1ccc(-c2cnn(CC(=O)O)c2)cc1S(=O)(=O)Nc1cnc2c(c1)C(=O)NCC2. The Bertz CT molecular complexity index is 1320. The predicted octanol–water partition coefficient (Wildman–Crippen LogP) is 1.12. The predicted molar refractivity (Wildman–Crippen MR) is 113 cm³/mol. The van der Waals surface area contributed by atoms with E-state index in [2.05, 4.69) is 20.1 Å². The zero-order valence-electron chi connectivity index (χ0n) is 16.9. The van der Waals surface area contributed by atoms with Crippen LogP contribution >= 0.6 is 0 Å². The largest absolute Gasteiger partial charge is 0.495 e. The van der Waals surface area contributed by atoms with Crippen molar-refractivity contribution in [1.29, 1.82) is 0 Å². The summed E-state index contributed by atoms with van der Waals surface area (Å²) in [6, 6.07) is 5.99. The van der Waals surface area contributed by atoms with E-state index in [0.29, 0.717) is 35.3 Å². The highest BCUT2D eigenvalue weighted by Crippen LogP contribution is 2.31. The number of carboxylic acid groups (broad SMARTS) is 1. The van der Waals surface area contributed by atoms with E-state index < -0.39 is 16.0 Å². The molecule has 0 saturated carbocycles. The second-order valence-electron chi connectivity index (χ2n) is 7.02. The summed E-state index contributed by atoms with van der Waals surface area (Å²) >= 11 is 0. The van der Waals surface area contributed by atoms with Gasteiger partial charge in [-0.2, -0.15) is 5.10 Å². The topological polar surface area (TPSA) is 153 Å². The molecule has 2 aromatic heterocycles. The van der Waals surface area contributed by atoms with Crippen molar-refractivity contribution in [2.24, 2.45) is 0 Å². The van der Waals surface area contributed by atoms with E-state index in [1.807, 2.05) is 0 Å². The second-order valence-corrected chi connectivity index (χ2v) is 8.67. The molecule has 1 aliphatic heterocycles. The second kappa shape index (κ2) is 8.30. The van der Waals surface area contributed by atoms with Crippen molar-refractivity contribution in [2.75, 3.05) is 18.4 Å². The number of methoxy groups -OCH3 is 1. The van der Waals surface area contributed by atoms with Gasteiger partial charge in [-0.15, -0.1) is 0 Å². The lowest BCUT2D eigenvalue weighted by Gasteiger charge is -2.17. The number of carbonyl (C=O) groups is 2. The van der Waals surface area contributed by atoms with Crippen LogP contribution in [0.1, 0.15) is 16.1 Å². The Morgan fingerprint density at radius 1 is 1.28 bits per heavy atom. The number of carbonyl (C=O) groups excluding carboxylic acids is 1. The van der Waals surface area contributed by atoms with Gasteiger partial charge < -0.3 is 15.2 Å². The van der Waals surface area contributed by atoms with E-state index in [4.69, 9.17) is 9.84 Å². The van der Waals surface area contributed by atoms with Crippen molar-refractivity contribution in [3.8, 4) is 16.9 Å². The van der Waals surface area contributed by atoms with E-state index >= 15 is 0 Å². The van der Waals surface area contributed by atoms with Crippen LogP contribution < -0.4 is 14.8 Å². The summed E-state index contributed by atoms with van der Waals surface area (Å²) in [4.78, 5) is 27.0. The van der Waals surface area contributed by atoms with Crippen molar-refractivity contribution >= 4 is 27.6 Å². The van der Waals surface area contributed by atoms with Gasteiger partial charge in [0, 0.05) is 24.7 Å². The van der Waals surface area contributed by atoms with Gasteiger partial charge in [-0.3, -0.25) is 24.0 Å². The maximum absolute atomic E-state index is 13.1. The van der Waals surface area contributed by atoms with Crippen LogP contribution in [0.2, 0.25) is 0 Å². The van der Waals surface area contributed by atoms with Crippen LogP contribution in [0.25, 0.3) is 11.1 Å². The van der Waals surface area contributed by atoms with Gasteiger partial charge in [-0.1, -0.05) is 6.07 Å². The summed E-state index contributed by atoms with van der Waals surface area (Å²) < 4.78 is 35.2. The third kappa shape index (κ3) is 4.25. The molecule has 32 heavy (non-hydrogen) atoms. The molecule has 1 aromatic carbocycles. The van der Waals surface area contributed by atoms with Crippen LogP contribution in [0.4, 0.5) is 5.69 Å². The number of amides is 1. The van der Waals surface area contributed by atoms with Crippen LogP contribution in [0.3, 0.4) is 0 Å². The molecule has 12 heteroatoms. The van der Waals surface area contributed by atoms with Gasteiger partial charge in [0.1, 0.15) is 17.2 Å². The molecule has 4 rings (SSSR count). The number of sulfonamides is 1. The Hall–Kier alpha value is -3.93. The van der Waals surface area contributed by atoms with Gasteiger partial charge in [0.25, 0.3) is 15.9 Å². The molecule has 0 spiro atoms. The van der Waals surface area contributed by atoms with Crippen molar-refractivity contribution in [3.05, 3.63) is 54.1 Å². The zero-order valence-corrected chi connectivity index (χ0v) is 17.7. The number of rotatable bonds is 7. The molecule has 0 radical (unpaired) electrons. The van der Waals surface area contributed by atoms with E-state index in [-0.39, 0.29) is 28.8 Å². The average Bonchev–Trinajstić information content (AvgIpc) is 3.21. The van der Waals surface area contributed by atoms with Gasteiger partial charge in [0.05, 0.1) is 36.4 Å². The molecule has 1 aliphatic rings. The van der Waals surface area contributed by atoms with E-state index in [0.717, 1.165) is 0 Å². The van der Waals surface area contributed by atoms with Gasteiger partial charge in [0.15, 0.2) is 0 Å². The van der Waals surface area contributed by atoms with Crippen molar-refractivity contribution < 1.29 is 27.9 Å². The van der Waals surface area contributed by atoms with Gasteiger partial charge in [-0.25, -0.2) is 8.42 Å².